The number of carbonyl (C=O) groups excluding carboxylic acids is 2. The number of Topliss-reactive ketones (excluding diaryl/α,β-unsaturated/α-hetero) is 1. The van der Waals surface area contributed by atoms with Crippen molar-refractivity contribution in [3.05, 3.63) is 41.8 Å². The third-order valence-corrected chi connectivity index (χ3v) is 4.86. The summed E-state index contributed by atoms with van der Waals surface area (Å²) in [5.74, 6) is 0.0556. The number of aromatic nitrogens is 2. The summed E-state index contributed by atoms with van der Waals surface area (Å²) in [6.07, 6.45) is 1.67. The van der Waals surface area contributed by atoms with Gasteiger partial charge >= 0.3 is 0 Å². The first-order chi connectivity index (χ1) is 13.3. The first-order valence-corrected chi connectivity index (χ1v) is 9.46. The second-order valence-electron chi connectivity index (χ2n) is 7.29. The van der Waals surface area contributed by atoms with Crippen molar-refractivity contribution < 1.29 is 14.0 Å². The molecular weight excluding hydrogens is 361 g/mol. The SMILES string of the molecule is CC(=O)c1ccc(N2CCN(CC(=O)Nc3ccnn3C(C)C)CC2)c(F)c1. The van der Waals surface area contributed by atoms with Crippen LogP contribution in [0.5, 0.6) is 0 Å². The highest BCUT2D eigenvalue weighted by Gasteiger charge is 2.22. The van der Waals surface area contributed by atoms with Gasteiger partial charge in [-0.05, 0) is 39.0 Å². The number of hydrogen-bond donors (Lipinski definition) is 1. The molecule has 1 amide bonds. The van der Waals surface area contributed by atoms with Crippen LogP contribution in [-0.2, 0) is 4.79 Å². The maximum Gasteiger partial charge on any atom is 0.239 e. The van der Waals surface area contributed by atoms with Gasteiger partial charge in [-0.1, -0.05) is 0 Å². The van der Waals surface area contributed by atoms with Gasteiger partial charge in [-0.15, -0.1) is 0 Å². The summed E-state index contributed by atoms with van der Waals surface area (Å²) in [5, 5.41) is 7.11. The monoisotopic (exact) mass is 387 g/mol. The molecule has 1 fully saturated rings. The molecule has 0 atom stereocenters. The van der Waals surface area contributed by atoms with Crippen LogP contribution in [0.25, 0.3) is 0 Å². The van der Waals surface area contributed by atoms with Crippen LogP contribution >= 0.6 is 0 Å². The quantitative estimate of drug-likeness (QED) is 0.772. The molecule has 1 saturated heterocycles. The molecule has 1 aliphatic rings. The van der Waals surface area contributed by atoms with E-state index in [2.05, 4.69) is 10.4 Å². The molecule has 0 bridgehead atoms. The van der Waals surface area contributed by atoms with E-state index in [4.69, 9.17) is 0 Å². The van der Waals surface area contributed by atoms with Crippen molar-refractivity contribution in [2.75, 3.05) is 42.9 Å². The zero-order chi connectivity index (χ0) is 20.3. The highest BCUT2D eigenvalue weighted by molar-refractivity contribution is 5.94. The molecule has 0 aliphatic carbocycles. The topological polar surface area (TPSA) is 70.5 Å². The number of rotatable bonds is 6. The van der Waals surface area contributed by atoms with E-state index in [0.717, 1.165) is 0 Å². The van der Waals surface area contributed by atoms with E-state index in [-0.39, 0.29) is 30.1 Å². The molecule has 0 radical (unpaired) electrons. The predicted octanol–water partition coefficient (Wildman–Crippen LogP) is 2.57. The summed E-state index contributed by atoms with van der Waals surface area (Å²) in [4.78, 5) is 27.7. The Morgan fingerprint density at radius 2 is 1.89 bits per heavy atom. The van der Waals surface area contributed by atoms with Crippen molar-refractivity contribution in [2.24, 2.45) is 0 Å². The fraction of sp³-hybridized carbons (Fsp3) is 0.450. The first kappa shape index (κ1) is 20.0. The van der Waals surface area contributed by atoms with E-state index >= 15 is 0 Å². The maximum absolute atomic E-state index is 14.3. The Labute approximate surface area is 164 Å². The normalized spacial score (nSPS) is 15.1. The van der Waals surface area contributed by atoms with Gasteiger partial charge in [-0.25, -0.2) is 9.07 Å². The summed E-state index contributed by atoms with van der Waals surface area (Å²) in [6.45, 7) is 8.26. The lowest BCUT2D eigenvalue weighted by molar-refractivity contribution is -0.117. The van der Waals surface area contributed by atoms with Gasteiger partial charge in [-0.3, -0.25) is 14.5 Å². The molecule has 1 N–H and O–H groups in total. The fourth-order valence-electron chi connectivity index (χ4n) is 3.34. The minimum Gasteiger partial charge on any atom is -0.367 e. The van der Waals surface area contributed by atoms with Gasteiger partial charge in [0.1, 0.15) is 11.6 Å². The molecular formula is C20H26FN5O2. The number of nitrogens with one attached hydrogen (secondary N) is 1. The van der Waals surface area contributed by atoms with Crippen LogP contribution in [0, 0.1) is 5.82 Å². The van der Waals surface area contributed by atoms with E-state index in [0.29, 0.717) is 43.2 Å². The molecule has 7 nitrogen and oxygen atoms in total. The number of ketones is 1. The van der Waals surface area contributed by atoms with E-state index < -0.39 is 0 Å². The second kappa shape index (κ2) is 8.52. The Balaban J connectivity index is 1.53. The number of piperazine rings is 1. The van der Waals surface area contributed by atoms with Gasteiger partial charge < -0.3 is 10.2 Å². The van der Waals surface area contributed by atoms with Gasteiger partial charge in [-0.2, -0.15) is 5.10 Å². The van der Waals surface area contributed by atoms with Crippen LogP contribution in [-0.4, -0.2) is 59.1 Å². The molecule has 8 heteroatoms. The van der Waals surface area contributed by atoms with Crippen LogP contribution in [0.1, 0.15) is 37.2 Å². The van der Waals surface area contributed by atoms with E-state index in [1.165, 1.54) is 13.0 Å². The van der Waals surface area contributed by atoms with Crippen molar-refractivity contribution in [1.82, 2.24) is 14.7 Å². The van der Waals surface area contributed by atoms with Crippen molar-refractivity contribution in [1.29, 1.82) is 0 Å². The van der Waals surface area contributed by atoms with E-state index in [1.54, 1.807) is 29.1 Å². The molecule has 150 valence electrons. The van der Waals surface area contributed by atoms with E-state index in [1.807, 2.05) is 23.6 Å². The number of nitrogens with zero attached hydrogens (tertiary/aromatic N) is 4. The predicted molar refractivity (Wildman–Crippen MR) is 106 cm³/mol. The molecule has 1 aromatic heterocycles. The van der Waals surface area contributed by atoms with Crippen LogP contribution in [0.4, 0.5) is 15.9 Å². The lowest BCUT2D eigenvalue weighted by Gasteiger charge is -2.35. The average molecular weight is 387 g/mol. The number of carbonyl (C=O) groups is 2. The van der Waals surface area contributed by atoms with Crippen molar-refractivity contribution >= 4 is 23.2 Å². The minimum atomic E-state index is -0.388. The summed E-state index contributed by atoms with van der Waals surface area (Å²) < 4.78 is 16.1. The molecule has 1 aliphatic heterocycles. The highest BCUT2D eigenvalue weighted by Crippen LogP contribution is 2.22. The smallest absolute Gasteiger partial charge is 0.239 e. The fourth-order valence-corrected chi connectivity index (χ4v) is 3.34. The summed E-state index contributed by atoms with van der Waals surface area (Å²) in [7, 11) is 0. The standard InChI is InChI=1S/C20H26FN5O2/c1-14(2)26-19(6-7-22-26)23-20(28)13-24-8-10-25(11-9-24)18-5-4-16(15(3)27)12-17(18)21/h4-7,12,14H,8-11,13H2,1-3H3,(H,23,28). The van der Waals surface area contributed by atoms with Crippen molar-refractivity contribution in [2.45, 2.75) is 26.8 Å². The minimum absolute atomic E-state index is 0.0900. The average Bonchev–Trinajstić information content (AvgIpc) is 3.10. The lowest BCUT2D eigenvalue weighted by atomic mass is 10.1. The maximum atomic E-state index is 14.3. The Morgan fingerprint density at radius 1 is 1.18 bits per heavy atom. The second-order valence-corrected chi connectivity index (χ2v) is 7.29. The molecule has 2 aromatic rings. The largest absolute Gasteiger partial charge is 0.367 e. The Kier molecular flexibility index (Phi) is 6.08. The molecule has 0 unspecified atom stereocenters. The lowest BCUT2D eigenvalue weighted by Crippen LogP contribution is -2.49. The molecule has 0 spiro atoms. The Bertz CT molecular complexity index is 856. The summed E-state index contributed by atoms with van der Waals surface area (Å²) in [5.41, 5.74) is 0.868. The number of amides is 1. The highest BCUT2D eigenvalue weighted by atomic mass is 19.1. The van der Waals surface area contributed by atoms with E-state index in [9.17, 15) is 14.0 Å². The number of halogens is 1. The van der Waals surface area contributed by atoms with Crippen LogP contribution < -0.4 is 10.2 Å². The zero-order valence-corrected chi connectivity index (χ0v) is 16.5. The third-order valence-electron chi connectivity index (χ3n) is 4.86. The molecule has 2 heterocycles. The zero-order valence-electron chi connectivity index (χ0n) is 16.5. The van der Waals surface area contributed by atoms with Crippen LogP contribution in [0.3, 0.4) is 0 Å². The molecule has 1 aromatic carbocycles. The van der Waals surface area contributed by atoms with Crippen molar-refractivity contribution in [3.8, 4) is 0 Å². The summed E-state index contributed by atoms with van der Waals surface area (Å²) in [6, 6.07) is 6.54. The van der Waals surface area contributed by atoms with Crippen LogP contribution in [0.15, 0.2) is 30.5 Å². The van der Waals surface area contributed by atoms with Gasteiger partial charge in [0.15, 0.2) is 5.78 Å². The van der Waals surface area contributed by atoms with Gasteiger partial charge in [0, 0.05) is 43.9 Å². The van der Waals surface area contributed by atoms with Gasteiger partial charge in [0.25, 0.3) is 0 Å². The number of anilines is 2. The van der Waals surface area contributed by atoms with Gasteiger partial charge in [0.2, 0.25) is 5.91 Å². The van der Waals surface area contributed by atoms with Gasteiger partial charge in [0.05, 0.1) is 18.4 Å². The Morgan fingerprint density at radius 3 is 2.50 bits per heavy atom. The Hall–Kier alpha value is -2.74. The molecule has 28 heavy (non-hydrogen) atoms. The van der Waals surface area contributed by atoms with Crippen molar-refractivity contribution in [3.63, 3.8) is 0 Å². The summed E-state index contributed by atoms with van der Waals surface area (Å²) >= 11 is 0. The first-order valence-electron chi connectivity index (χ1n) is 9.46. The third kappa shape index (κ3) is 4.56. The molecule has 0 saturated carbocycles. The number of benzene rings is 1. The van der Waals surface area contributed by atoms with Crippen LogP contribution in [0.2, 0.25) is 0 Å². The number of hydrogen-bond acceptors (Lipinski definition) is 5. The molecule has 3 rings (SSSR count).